The molecule has 1 heterocycles. The van der Waals surface area contributed by atoms with Gasteiger partial charge < -0.3 is 20.3 Å². The molecule has 31 heavy (non-hydrogen) atoms. The Hall–Kier alpha value is -3.80. The number of anilines is 3. The maximum absolute atomic E-state index is 13.0. The molecule has 6 heteroatoms. The first-order valence-electron chi connectivity index (χ1n) is 10.3. The molecule has 1 aliphatic heterocycles. The van der Waals surface area contributed by atoms with Gasteiger partial charge in [-0.2, -0.15) is 0 Å². The third-order valence-corrected chi connectivity index (χ3v) is 5.27. The average molecular weight is 415 g/mol. The molecule has 0 aliphatic carbocycles. The number of amides is 2. The standard InChI is InChI=1S/C25H25N3O3/c1-31-21-13-11-19(12-14-21)26-23-9-3-2-8-22(23)25(30)27-20-7-4-6-18(16-20)17-28-15-5-10-24(28)29/h2-4,6-9,11-14,16,26H,5,10,15,17H2,1H3,(H,27,30). The minimum atomic E-state index is -0.203. The number of para-hydroxylation sites is 1. The molecule has 6 nitrogen and oxygen atoms in total. The number of benzene rings is 3. The molecule has 1 fully saturated rings. The first-order valence-corrected chi connectivity index (χ1v) is 10.3. The number of nitrogens with zero attached hydrogens (tertiary/aromatic N) is 1. The number of likely N-dealkylation sites (tertiary alicyclic amines) is 1. The summed E-state index contributed by atoms with van der Waals surface area (Å²) in [6.45, 7) is 1.36. The van der Waals surface area contributed by atoms with Crippen molar-refractivity contribution in [3.63, 3.8) is 0 Å². The van der Waals surface area contributed by atoms with E-state index in [0.717, 1.165) is 30.0 Å². The van der Waals surface area contributed by atoms with Crippen LogP contribution in [-0.2, 0) is 11.3 Å². The SMILES string of the molecule is COc1ccc(Nc2ccccc2C(=O)Nc2cccc(CN3CCCC3=O)c2)cc1. The lowest BCUT2D eigenvalue weighted by atomic mass is 10.1. The van der Waals surface area contributed by atoms with E-state index in [4.69, 9.17) is 4.74 Å². The zero-order chi connectivity index (χ0) is 21.6. The summed E-state index contributed by atoms with van der Waals surface area (Å²) in [5.41, 5.74) is 3.81. The smallest absolute Gasteiger partial charge is 0.257 e. The van der Waals surface area contributed by atoms with Crippen LogP contribution in [0.1, 0.15) is 28.8 Å². The van der Waals surface area contributed by atoms with Crippen LogP contribution in [0.4, 0.5) is 17.1 Å². The van der Waals surface area contributed by atoms with Crippen LogP contribution in [0.25, 0.3) is 0 Å². The van der Waals surface area contributed by atoms with E-state index in [1.807, 2.05) is 71.6 Å². The predicted octanol–water partition coefficient (Wildman–Crippen LogP) is 4.81. The zero-order valence-corrected chi connectivity index (χ0v) is 17.4. The topological polar surface area (TPSA) is 70.7 Å². The monoisotopic (exact) mass is 415 g/mol. The van der Waals surface area contributed by atoms with Crippen molar-refractivity contribution < 1.29 is 14.3 Å². The number of methoxy groups -OCH3 is 1. The molecule has 158 valence electrons. The Morgan fingerprint density at radius 1 is 1.00 bits per heavy atom. The van der Waals surface area contributed by atoms with Crippen molar-refractivity contribution >= 4 is 28.9 Å². The van der Waals surface area contributed by atoms with Crippen LogP contribution >= 0.6 is 0 Å². The molecule has 3 aromatic carbocycles. The summed E-state index contributed by atoms with van der Waals surface area (Å²) >= 11 is 0. The predicted molar refractivity (Wildman–Crippen MR) is 122 cm³/mol. The average Bonchev–Trinajstić information content (AvgIpc) is 3.19. The van der Waals surface area contributed by atoms with Gasteiger partial charge in [-0.15, -0.1) is 0 Å². The number of hydrogen-bond donors (Lipinski definition) is 2. The van der Waals surface area contributed by atoms with Crippen LogP contribution in [0, 0.1) is 0 Å². The van der Waals surface area contributed by atoms with E-state index in [0.29, 0.717) is 29.9 Å². The van der Waals surface area contributed by atoms with Crippen LogP contribution in [0.2, 0.25) is 0 Å². The van der Waals surface area contributed by atoms with E-state index in [1.54, 1.807) is 13.2 Å². The third-order valence-electron chi connectivity index (χ3n) is 5.27. The van der Waals surface area contributed by atoms with Gasteiger partial charge in [-0.25, -0.2) is 0 Å². The summed E-state index contributed by atoms with van der Waals surface area (Å²) < 4.78 is 5.19. The highest BCUT2D eigenvalue weighted by Crippen LogP contribution is 2.24. The second-order valence-electron chi connectivity index (χ2n) is 7.47. The van der Waals surface area contributed by atoms with Gasteiger partial charge in [0.15, 0.2) is 0 Å². The summed E-state index contributed by atoms with van der Waals surface area (Å²) in [6, 6.07) is 22.5. The van der Waals surface area contributed by atoms with Gasteiger partial charge in [0.05, 0.1) is 18.4 Å². The Kier molecular flexibility index (Phi) is 6.17. The molecule has 0 radical (unpaired) electrons. The molecule has 2 N–H and O–H groups in total. The second kappa shape index (κ2) is 9.34. The molecule has 0 saturated carbocycles. The van der Waals surface area contributed by atoms with Crippen molar-refractivity contribution in [3.05, 3.63) is 83.9 Å². The van der Waals surface area contributed by atoms with Crippen molar-refractivity contribution in [2.45, 2.75) is 19.4 Å². The van der Waals surface area contributed by atoms with E-state index in [9.17, 15) is 9.59 Å². The first kappa shape index (κ1) is 20.5. The number of carbonyl (C=O) groups is 2. The number of ether oxygens (including phenoxy) is 1. The van der Waals surface area contributed by atoms with Crippen LogP contribution in [0.15, 0.2) is 72.8 Å². The van der Waals surface area contributed by atoms with Crippen molar-refractivity contribution in [3.8, 4) is 5.75 Å². The highest BCUT2D eigenvalue weighted by Gasteiger charge is 2.20. The molecule has 0 unspecified atom stereocenters. The highest BCUT2D eigenvalue weighted by atomic mass is 16.5. The molecule has 1 aliphatic rings. The summed E-state index contributed by atoms with van der Waals surface area (Å²) in [4.78, 5) is 26.7. The van der Waals surface area contributed by atoms with Crippen molar-refractivity contribution in [2.75, 3.05) is 24.3 Å². The van der Waals surface area contributed by atoms with Gasteiger partial charge in [-0.3, -0.25) is 9.59 Å². The normalized spacial score (nSPS) is 13.2. The fourth-order valence-electron chi connectivity index (χ4n) is 3.66. The lowest BCUT2D eigenvalue weighted by molar-refractivity contribution is -0.128. The zero-order valence-electron chi connectivity index (χ0n) is 17.4. The molecule has 0 aromatic heterocycles. The van der Waals surface area contributed by atoms with Crippen LogP contribution < -0.4 is 15.4 Å². The summed E-state index contributed by atoms with van der Waals surface area (Å²) in [5, 5.41) is 6.27. The fourth-order valence-corrected chi connectivity index (χ4v) is 3.66. The van der Waals surface area contributed by atoms with E-state index in [1.165, 1.54) is 0 Å². The van der Waals surface area contributed by atoms with Crippen LogP contribution in [0.3, 0.4) is 0 Å². The van der Waals surface area contributed by atoms with Gasteiger partial charge in [0, 0.05) is 30.9 Å². The summed E-state index contributed by atoms with van der Waals surface area (Å²) in [7, 11) is 1.63. The highest BCUT2D eigenvalue weighted by molar-refractivity contribution is 6.08. The minimum Gasteiger partial charge on any atom is -0.497 e. The molecule has 0 bridgehead atoms. The van der Waals surface area contributed by atoms with E-state index in [-0.39, 0.29) is 11.8 Å². The Labute approximate surface area is 181 Å². The van der Waals surface area contributed by atoms with Gasteiger partial charge in [0.2, 0.25) is 5.91 Å². The van der Waals surface area contributed by atoms with E-state index < -0.39 is 0 Å². The fraction of sp³-hybridized carbons (Fsp3) is 0.200. The third kappa shape index (κ3) is 5.04. The quantitative estimate of drug-likeness (QED) is 0.581. The lowest BCUT2D eigenvalue weighted by Crippen LogP contribution is -2.23. The Bertz CT molecular complexity index is 1080. The molecule has 0 spiro atoms. The van der Waals surface area contributed by atoms with E-state index in [2.05, 4.69) is 10.6 Å². The molecule has 0 atom stereocenters. The van der Waals surface area contributed by atoms with Gasteiger partial charge in [-0.1, -0.05) is 24.3 Å². The van der Waals surface area contributed by atoms with E-state index >= 15 is 0 Å². The largest absolute Gasteiger partial charge is 0.497 e. The maximum atomic E-state index is 13.0. The number of hydrogen-bond acceptors (Lipinski definition) is 4. The molecule has 1 saturated heterocycles. The van der Waals surface area contributed by atoms with Crippen molar-refractivity contribution in [1.29, 1.82) is 0 Å². The number of rotatable bonds is 7. The summed E-state index contributed by atoms with van der Waals surface area (Å²) in [6.07, 6.45) is 1.53. The first-order chi connectivity index (χ1) is 15.1. The Balaban J connectivity index is 1.47. The maximum Gasteiger partial charge on any atom is 0.257 e. The summed E-state index contributed by atoms with van der Waals surface area (Å²) in [5.74, 6) is 0.756. The second-order valence-corrected chi connectivity index (χ2v) is 7.47. The molecular formula is C25H25N3O3. The van der Waals surface area contributed by atoms with Gasteiger partial charge in [0.1, 0.15) is 5.75 Å². The van der Waals surface area contributed by atoms with Crippen molar-refractivity contribution in [2.24, 2.45) is 0 Å². The van der Waals surface area contributed by atoms with Gasteiger partial charge >= 0.3 is 0 Å². The lowest BCUT2D eigenvalue weighted by Gasteiger charge is -2.16. The molecule has 3 aromatic rings. The Morgan fingerprint density at radius 2 is 1.81 bits per heavy atom. The molecular weight excluding hydrogens is 390 g/mol. The molecule has 4 rings (SSSR count). The Morgan fingerprint density at radius 3 is 2.55 bits per heavy atom. The van der Waals surface area contributed by atoms with Crippen LogP contribution in [-0.4, -0.2) is 30.4 Å². The van der Waals surface area contributed by atoms with Crippen molar-refractivity contribution in [1.82, 2.24) is 4.90 Å². The molecule has 2 amide bonds. The minimum absolute atomic E-state index is 0.188. The van der Waals surface area contributed by atoms with Gasteiger partial charge in [0.25, 0.3) is 5.91 Å². The van der Waals surface area contributed by atoms with Crippen LogP contribution in [0.5, 0.6) is 5.75 Å². The number of carbonyl (C=O) groups excluding carboxylic acids is 2. The van der Waals surface area contributed by atoms with Gasteiger partial charge in [-0.05, 0) is 60.5 Å². The number of nitrogens with one attached hydrogen (secondary N) is 2.